The van der Waals surface area contributed by atoms with Gasteiger partial charge in [-0.05, 0) is 36.8 Å². The molecule has 0 spiro atoms. The van der Waals surface area contributed by atoms with Crippen LogP contribution < -0.4 is 11.1 Å². The Balaban J connectivity index is 1.84. The molecule has 3 nitrogen and oxygen atoms in total. The maximum absolute atomic E-state index is 13.3. The van der Waals surface area contributed by atoms with E-state index in [9.17, 15) is 13.6 Å². The van der Waals surface area contributed by atoms with Crippen LogP contribution in [0.5, 0.6) is 0 Å². The topological polar surface area (TPSA) is 55.1 Å². The predicted molar refractivity (Wildman–Crippen MR) is 78.8 cm³/mol. The number of nitrogen functional groups attached to an aromatic ring is 1. The number of hydrogen-bond donors (Lipinski definition) is 2. The van der Waals surface area contributed by atoms with Crippen molar-refractivity contribution in [1.82, 2.24) is 5.32 Å². The van der Waals surface area contributed by atoms with Gasteiger partial charge in [-0.15, -0.1) is 0 Å². The molecule has 5 heteroatoms. The first kappa shape index (κ1) is 15.7. The van der Waals surface area contributed by atoms with Crippen LogP contribution in [0.2, 0.25) is 0 Å². The third-order valence-corrected chi connectivity index (χ3v) is 4.22. The van der Waals surface area contributed by atoms with Crippen LogP contribution in [0.3, 0.4) is 0 Å². The Morgan fingerprint density at radius 2 is 2.00 bits per heavy atom. The monoisotopic (exact) mass is 296 g/mol. The predicted octanol–water partition coefficient (Wildman–Crippen LogP) is 3.49. The molecule has 0 radical (unpaired) electrons. The minimum Gasteiger partial charge on any atom is -0.394 e. The number of hydrogen-bond acceptors (Lipinski definition) is 2. The summed E-state index contributed by atoms with van der Waals surface area (Å²) in [6, 6.07) is 1.94. The molecule has 0 saturated heterocycles. The zero-order chi connectivity index (χ0) is 15.4. The van der Waals surface area contributed by atoms with E-state index in [4.69, 9.17) is 5.73 Å². The first-order valence-corrected chi connectivity index (χ1v) is 7.50. The van der Waals surface area contributed by atoms with Crippen molar-refractivity contribution in [2.24, 2.45) is 11.8 Å². The maximum Gasteiger partial charge on any atom is 0.251 e. The molecular formula is C16H22F2N2O. The number of amides is 1. The lowest BCUT2D eigenvalue weighted by molar-refractivity contribution is 0.0948. The Labute approximate surface area is 123 Å². The van der Waals surface area contributed by atoms with Crippen LogP contribution in [0.4, 0.5) is 14.5 Å². The second-order valence-corrected chi connectivity index (χ2v) is 6.04. The van der Waals surface area contributed by atoms with E-state index in [-0.39, 0.29) is 5.56 Å². The number of rotatable bonds is 4. The zero-order valence-electron chi connectivity index (χ0n) is 12.3. The van der Waals surface area contributed by atoms with Gasteiger partial charge in [-0.1, -0.05) is 26.2 Å². The van der Waals surface area contributed by atoms with Gasteiger partial charge in [-0.2, -0.15) is 0 Å². The van der Waals surface area contributed by atoms with Crippen LogP contribution >= 0.6 is 0 Å². The second-order valence-electron chi connectivity index (χ2n) is 6.04. The molecule has 1 aliphatic carbocycles. The molecule has 21 heavy (non-hydrogen) atoms. The second kappa shape index (κ2) is 6.87. The highest BCUT2D eigenvalue weighted by Crippen LogP contribution is 2.30. The summed E-state index contributed by atoms with van der Waals surface area (Å²) in [5.74, 6) is -0.882. The molecule has 2 atom stereocenters. The summed E-state index contributed by atoms with van der Waals surface area (Å²) in [5, 5.41) is 2.72. The number of nitrogens with one attached hydrogen (secondary N) is 1. The summed E-state index contributed by atoms with van der Waals surface area (Å²) in [6.07, 6.45) is 5.84. The zero-order valence-corrected chi connectivity index (χ0v) is 12.3. The highest BCUT2D eigenvalue weighted by atomic mass is 19.1. The minimum atomic E-state index is -0.902. The molecular weight excluding hydrogens is 274 g/mol. The fraction of sp³-hybridized carbons (Fsp3) is 0.562. The van der Waals surface area contributed by atoms with Crippen LogP contribution in [0.1, 0.15) is 49.4 Å². The highest BCUT2D eigenvalue weighted by molar-refractivity contribution is 5.94. The SMILES string of the molecule is CC1CCCC(CCNC(=O)c2cc(F)c(N)c(F)c2)C1. The van der Waals surface area contributed by atoms with Gasteiger partial charge in [0, 0.05) is 12.1 Å². The van der Waals surface area contributed by atoms with Crippen LogP contribution in [0, 0.1) is 23.5 Å². The van der Waals surface area contributed by atoms with E-state index in [0.29, 0.717) is 12.5 Å². The van der Waals surface area contributed by atoms with Gasteiger partial charge in [0.15, 0.2) is 0 Å². The fourth-order valence-electron chi connectivity index (χ4n) is 3.03. The number of nitrogens with two attached hydrogens (primary N) is 1. The molecule has 1 aliphatic rings. The lowest BCUT2D eigenvalue weighted by Crippen LogP contribution is -2.27. The van der Waals surface area contributed by atoms with E-state index in [1.165, 1.54) is 25.7 Å². The van der Waals surface area contributed by atoms with Gasteiger partial charge >= 0.3 is 0 Å². The summed E-state index contributed by atoms with van der Waals surface area (Å²) >= 11 is 0. The third kappa shape index (κ3) is 4.16. The molecule has 1 saturated carbocycles. The third-order valence-electron chi connectivity index (χ3n) is 4.22. The molecule has 1 aromatic rings. The largest absolute Gasteiger partial charge is 0.394 e. The normalized spacial score (nSPS) is 22.0. The van der Waals surface area contributed by atoms with E-state index in [2.05, 4.69) is 12.2 Å². The summed E-state index contributed by atoms with van der Waals surface area (Å²) in [6.45, 7) is 2.79. The van der Waals surface area contributed by atoms with Crippen LogP contribution in [-0.2, 0) is 0 Å². The van der Waals surface area contributed by atoms with Crippen LogP contribution in [0.25, 0.3) is 0 Å². The van der Waals surface area contributed by atoms with Gasteiger partial charge in [0.05, 0.1) is 0 Å². The number of anilines is 1. The summed E-state index contributed by atoms with van der Waals surface area (Å²) in [5.41, 5.74) is 4.60. The highest BCUT2D eigenvalue weighted by Gasteiger charge is 2.19. The Hall–Kier alpha value is -1.65. The molecule has 0 aliphatic heterocycles. The molecule has 2 unspecified atom stereocenters. The first-order valence-electron chi connectivity index (χ1n) is 7.50. The lowest BCUT2D eigenvalue weighted by atomic mass is 9.81. The molecule has 3 N–H and O–H groups in total. The maximum atomic E-state index is 13.3. The molecule has 0 heterocycles. The van der Waals surface area contributed by atoms with Crippen molar-refractivity contribution in [2.45, 2.75) is 39.0 Å². The van der Waals surface area contributed by atoms with E-state index in [1.54, 1.807) is 0 Å². The van der Waals surface area contributed by atoms with Gasteiger partial charge in [0.1, 0.15) is 17.3 Å². The van der Waals surface area contributed by atoms with Crippen LogP contribution in [0.15, 0.2) is 12.1 Å². The van der Waals surface area contributed by atoms with E-state index >= 15 is 0 Å². The van der Waals surface area contributed by atoms with Crippen molar-refractivity contribution in [2.75, 3.05) is 12.3 Å². The number of carbonyl (C=O) groups excluding carboxylic acids is 1. The van der Waals surface area contributed by atoms with Crippen LogP contribution in [-0.4, -0.2) is 12.5 Å². The average molecular weight is 296 g/mol. The molecule has 2 rings (SSSR count). The van der Waals surface area contributed by atoms with E-state index in [1.807, 2.05) is 0 Å². The van der Waals surface area contributed by atoms with Crippen molar-refractivity contribution in [3.63, 3.8) is 0 Å². The Morgan fingerprint density at radius 3 is 2.62 bits per heavy atom. The van der Waals surface area contributed by atoms with Crippen molar-refractivity contribution in [1.29, 1.82) is 0 Å². The lowest BCUT2D eigenvalue weighted by Gasteiger charge is -2.26. The van der Waals surface area contributed by atoms with E-state index in [0.717, 1.165) is 24.5 Å². The Bertz CT molecular complexity index is 496. The molecule has 1 aromatic carbocycles. The van der Waals surface area contributed by atoms with Gasteiger partial charge in [0.2, 0.25) is 0 Å². The standard InChI is InChI=1S/C16H22F2N2O/c1-10-3-2-4-11(7-10)5-6-20-16(21)12-8-13(17)15(19)14(18)9-12/h8-11H,2-7,19H2,1H3,(H,20,21). The fourth-order valence-corrected chi connectivity index (χ4v) is 3.03. The molecule has 1 fully saturated rings. The molecule has 1 amide bonds. The van der Waals surface area contributed by atoms with E-state index < -0.39 is 23.2 Å². The molecule has 0 bridgehead atoms. The molecule has 116 valence electrons. The molecule has 0 aromatic heterocycles. The van der Waals surface area contributed by atoms with Crippen molar-refractivity contribution in [3.05, 3.63) is 29.3 Å². The number of carbonyl (C=O) groups is 1. The Morgan fingerprint density at radius 1 is 1.33 bits per heavy atom. The van der Waals surface area contributed by atoms with Crippen molar-refractivity contribution < 1.29 is 13.6 Å². The van der Waals surface area contributed by atoms with Gasteiger partial charge in [-0.3, -0.25) is 4.79 Å². The summed E-state index contributed by atoms with van der Waals surface area (Å²) in [4.78, 5) is 11.9. The average Bonchev–Trinajstić information content (AvgIpc) is 2.44. The van der Waals surface area contributed by atoms with Gasteiger partial charge in [-0.25, -0.2) is 8.78 Å². The Kier molecular flexibility index (Phi) is 5.15. The smallest absolute Gasteiger partial charge is 0.251 e. The van der Waals surface area contributed by atoms with Crippen molar-refractivity contribution in [3.8, 4) is 0 Å². The first-order chi connectivity index (χ1) is 9.97. The van der Waals surface area contributed by atoms with Gasteiger partial charge in [0.25, 0.3) is 5.91 Å². The summed E-state index contributed by atoms with van der Waals surface area (Å²) in [7, 11) is 0. The summed E-state index contributed by atoms with van der Waals surface area (Å²) < 4.78 is 26.6. The van der Waals surface area contributed by atoms with Crippen molar-refractivity contribution >= 4 is 11.6 Å². The quantitative estimate of drug-likeness (QED) is 0.836. The number of halogens is 2. The number of benzene rings is 1. The van der Waals surface area contributed by atoms with Gasteiger partial charge < -0.3 is 11.1 Å². The minimum absolute atomic E-state index is 0.0313.